The topological polar surface area (TPSA) is 63.2 Å². The van der Waals surface area contributed by atoms with Crippen LogP contribution in [0.2, 0.25) is 5.02 Å². The molecular formula is C19H15ClFN3O2. The fourth-order valence-corrected chi connectivity index (χ4v) is 2.49. The first-order valence-corrected chi connectivity index (χ1v) is 8.07. The predicted molar refractivity (Wildman–Crippen MR) is 99.9 cm³/mol. The summed E-state index contributed by atoms with van der Waals surface area (Å²) in [4.78, 5) is 16.6. The predicted octanol–water partition coefficient (Wildman–Crippen LogP) is 4.88. The fraction of sp³-hybridized carbons (Fsp3) is 0.0526. The van der Waals surface area contributed by atoms with Gasteiger partial charge >= 0.3 is 0 Å². The highest BCUT2D eigenvalue weighted by Crippen LogP contribution is 2.28. The molecule has 1 amide bonds. The minimum atomic E-state index is -0.409. The zero-order valence-corrected chi connectivity index (χ0v) is 14.5. The molecule has 132 valence electrons. The number of halogens is 2. The Bertz CT molecular complexity index is 950. The van der Waals surface area contributed by atoms with Crippen LogP contribution in [0.15, 0.2) is 60.8 Å². The lowest BCUT2D eigenvalue weighted by atomic mass is 10.2. The van der Waals surface area contributed by atoms with Gasteiger partial charge in [-0.3, -0.25) is 4.79 Å². The van der Waals surface area contributed by atoms with Gasteiger partial charge < -0.3 is 15.4 Å². The summed E-state index contributed by atoms with van der Waals surface area (Å²) in [6, 6.07) is 14.2. The molecular weight excluding hydrogens is 357 g/mol. The standard InChI is InChI=1S/C19H15ClFN3O2/c1-26-17-7-6-13(20)11-16(17)24-19(25)12-8-9-22-18(10-12)23-15-5-3-2-4-14(15)21/h2-11H,1H3,(H,22,23)(H,24,25). The lowest BCUT2D eigenvalue weighted by Gasteiger charge is -2.11. The van der Waals surface area contributed by atoms with Crippen LogP contribution in [0.4, 0.5) is 21.6 Å². The van der Waals surface area contributed by atoms with E-state index < -0.39 is 5.82 Å². The van der Waals surface area contributed by atoms with E-state index >= 15 is 0 Å². The number of carbonyl (C=O) groups is 1. The minimum absolute atomic E-state index is 0.272. The van der Waals surface area contributed by atoms with Crippen LogP contribution in [0.25, 0.3) is 0 Å². The summed E-state index contributed by atoms with van der Waals surface area (Å²) in [6.45, 7) is 0. The van der Waals surface area contributed by atoms with E-state index in [2.05, 4.69) is 15.6 Å². The molecule has 0 aliphatic carbocycles. The Morgan fingerprint density at radius 3 is 2.69 bits per heavy atom. The number of nitrogens with one attached hydrogen (secondary N) is 2. The SMILES string of the molecule is COc1ccc(Cl)cc1NC(=O)c1ccnc(Nc2ccccc2F)c1. The molecule has 0 saturated carbocycles. The van der Waals surface area contributed by atoms with Crippen LogP contribution >= 0.6 is 11.6 Å². The molecule has 0 unspecified atom stereocenters. The third-order valence-corrected chi connectivity index (χ3v) is 3.80. The number of rotatable bonds is 5. The van der Waals surface area contributed by atoms with Crippen LogP contribution in [-0.4, -0.2) is 18.0 Å². The van der Waals surface area contributed by atoms with E-state index in [0.29, 0.717) is 27.8 Å². The number of hydrogen-bond acceptors (Lipinski definition) is 4. The van der Waals surface area contributed by atoms with E-state index in [-0.39, 0.29) is 11.6 Å². The van der Waals surface area contributed by atoms with E-state index in [1.165, 1.54) is 25.4 Å². The number of ether oxygens (including phenoxy) is 1. The highest BCUT2D eigenvalue weighted by molar-refractivity contribution is 6.31. The maximum atomic E-state index is 13.7. The molecule has 2 N–H and O–H groups in total. The van der Waals surface area contributed by atoms with Gasteiger partial charge in [0.2, 0.25) is 0 Å². The lowest BCUT2D eigenvalue weighted by molar-refractivity contribution is 0.102. The van der Waals surface area contributed by atoms with Crippen molar-refractivity contribution >= 4 is 34.7 Å². The van der Waals surface area contributed by atoms with Crippen molar-refractivity contribution < 1.29 is 13.9 Å². The maximum absolute atomic E-state index is 13.7. The lowest BCUT2D eigenvalue weighted by Crippen LogP contribution is -2.13. The first-order chi connectivity index (χ1) is 12.6. The van der Waals surface area contributed by atoms with Crippen LogP contribution in [-0.2, 0) is 0 Å². The number of nitrogens with zero attached hydrogens (tertiary/aromatic N) is 1. The number of methoxy groups -OCH3 is 1. The van der Waals surface area contributed by atoms with Crippen LogP contribution < -0.4 is 15.4 Å². The zero-order valence-electron chi connectivity index (χ0n) is 13.8. The number of hydrogen-bond donors (Lipinski definition) is 2. The Kier molecular flexibility index (Phi) is 5.34. The molecule has 5 nitrogen and oxygen atoms in total. The van der Waals surface area contributed by atoms with Gasteiger partial charge in [0, 0.05) is 16.8 Å². The highest BCUT2D eigenvalue weighted by atomic mass is 35.5. The smallest absolute Gasteiger partial charge is 0.255 e. The molecule has 7 heteroatoms. The van der Waals surface area contributed by atoms with Crippen LogP contribution in [0.3, 0.4) is 0 Å². The van der Waals surface area contributed by atoms with Gasteiger partial charge in [-0.05, 0) is 42.5 Å². The average Bonchev–Trinajstić information content (AvgIpc) is 2.64. The van der Waals surface area contributed by atoms with Gasteiger partial charge in [-0.1, -0.05) is 23.7 Å². The molecule has 0 saturated heterocycles. The van der Waals surface area contributed by atoms with Gasteiger partial charge in [0.25, 0.3) is 5.91 Å². The molecule has 0 aliphatic heterocycles. The van der Waals surface area contributed by atoms with Crippen molar-refractivity contribution in [3.05, 3.63) is 77.2 Å². The first kappa shape index (κ1) is 17.7. The second-order valence-electron chi connectivity index (χ2n) is 5.33. The molecule has 3 rings (SSSR count). The summed E-state index contributed by atoms with van der Waals surface area (Å²) in [5.41, 5.74) is 1.07. The molecule has 1 aromatic heterocycles. The molecule has 0 atom stereocenters. The van der Waals surface area contributed by atoms with Crippen molar-refractivity contribution in [2.75, 3.05) is 17.7 Å². The van der Waals surface area contributed by atoms with E-state index in [4.69, 9.17) is 16.3 Å². The van der Waals surface area contributed by atoms with E-state index in [9.17, 15) is 9.18 Å². The molecule has 3 aromatic rings. The molecule has 0 spiro atoms. The first-order valence-electron chi connectivity index (χ1n) is 7.69. The Balaban J connectivity index is 1.81. The second-order valence-corrected chi connectivity index (χ2v) is 5.77. The summed E-state index contributed by atoms with van der Waals surface area (Å²) in [5, 5.41) is 6.06. The van der Waals surface area contributed by atoms with Crippen LogP contribution in [0.1, 0.15) is 10.4 Å². The number of para-hydroxylation sites is 1. The van der Waals surface area contributed by atoms with Crippen molar-refractivity contribution in [1.29, 1.82) is 0 Å². The molecule has 1 heterocycles. The number of benzene rings is 2. The summed E-state index contributed by atoms with van der Waals surface area (Å²) in [5.74, 6) is 0.0553. The minimum Gasteiger partial charge on any atom is -0.495 e. The van der Waals surface area contributed by atoms with Gasteiger partial charge in [-0.25, -0.2) is 9.37 Å². The molecule has 0 aliphatic rings. The van der Waals surface area contributed by atoms with Gasteiger partial charge in [0.15, 0.2) is 0 Å². The monoisotopic (exact) mass is 371 g/mol. The van der Waals surface area contributed by atoms with E-state index in [1.807, 2.05) is 0 Å². The quantitative estimate of drug-likeness (QED) is 0.671. The number of amides is 1. The molecule has 26 heavy (non-hydrogen) atoms. The summed E-state index contributed by atoms with van der Waals surface area (Å²) < 4.78 is 19.0. The van der Waals surface area contributed by atoms with Gasteiger partial charge in [-0.15, -0.1) is 0 Å². The third kappa shape index (κ3) is 4.10. The Morgan fingerprint density at radius 2 is 1.92 bits per heavy atom. The van der Waals surface area contributed by atoms with Crippen molar-refractivity contribution in [2.45, 2.75) is 0 Å². The summed E-state index contributed by atoms with van der Waals surface area (Å²) >= 11 is 5.97. The van der Waals surface area contributed by atoms with E-state index in [0.717, 1.165) is 0 Å². The number of carbonyl (C=O) groups excluding carboxylic acids is 1. The Labute approximate surface area is 154 Å². The Hall–Kier alpha value is -3.12. The van der Waals surface area contributed by atoms with Gasteiger partial charge in [0.1, 0.15) is 17.4 Å². The normalized spacial score (nSPS) is 10.3. The van der Waals surface area contributed by atoms with Crippen molar-refractivity contribution in [3.63, 3.8) is 0 Å². The molecule has 0 radical (unpaired) electrons. The molecule has 0 fully saturated rings. The number of anilines is 3. The van der Waals surface area contributed by atoms with Crippen molar-refractivity contribution in [1.82, 2.24) is 4.98 Å². The number of aromatic nitrogens is 1. The molecule has 2 aromatic carbocycles. The van der Waals surface area contributed by atoms with Crippen LogP contribution in [0.5, 0.6) is 5.75 Å². The number of pyridine rings is 1. The summed E-state index contributed by atoms with van der Waals surface area (Å²) in [7, 11) is 1.50. The fourth-order valence-electron chi connectivity index (χ4n) is 2.31. The third-order valence-electron chi connectivity index (χ3n) is 3.57. The largest absolute Gasteiger partial charge is 0.495 e. The van der Waals surface area contributed by atoms with E-state index in [1.54, 1.807) is 42.5 Å². The zero-order chi connectivity index (χ0) is 18.5. The van der Waals surface area contributed by atoms with Gasteiger partial charge in [0.05, 0.1) is 18.5 Å². The van der Waals surface area contributed by atoms with Gasteiger partial charge in [-0.2, -0.15) is 0 Å². The second kappa shape index (κ2) is 7.84. The van der Waals surface area contributed by atoms with Crippen LogP contribution in [0, 0.1) is 5.82 Å². The highest BCUT2D eigenvalue weighted by Gasteiger charge is 2.12. The summed E-state index contributed by atoms with van der Waals surface area (Å²) in [6.07, 6.45) is 1.47. The van der Waals surface area contributed by atoms with Crippen molar-refractivity contribution in [3.8, 4) is 5.75 Å². The Morgan fingerprint density at radius 1 is 1.12 bits per heavy atom. The average molecular weight is 372 g/mol. The maximum Gasteiger partial charge on any atom is 0.255 e. The van der Waals surface area contributed by atoms with Crippen molar-refractivity contribution in [2.24, 2.45) is 0 Å². The molecule has 0 bridgehead atoms.